The average molecular weight is 463 g/mol. The molecular weight excluding hydrogens is 446 g/mol. The molecule has 0 saturated carbocycles. The second-order valence-electron chi connectivity index (χ2n) is 7.02. The molecule has 1 fully saturated rings. The first-order valence-electron chi connectivity index (χ1n) is 9.51. The van der Waals surface area contributed by atoms with E-state index in [1.54, 1.807) is 0 Å². The summed E-state index contributed by atoms with van der Waals surface area (Å²) in [6.45, 7) is 2.96. The fraction of sp³-hybridized carbons (Fsp3) is 0.250. The van der Waals surface area contributed by atoms with Crippen LogP contribution in [0.5, 0.6) is 5.75 Å². The van der Waals surface area contributed by atoms with Crippen molar-refractivity contribution < 1.29 is 13.5 Å². The van der Waals surface area contributed by atoms with Gasteiger partial charge in [-0.05, 0) is 12.1 Å². The summed E-state index contributed by atoms with van der Waals surface area (Å²) in [5.74, 6) is -0.333. The van der Waals surface area contributed by atoms with Gasteiger partial charge in [-0.25, -0.2) is 23.7 Å². The molecular formula is C20H17ClF2N6OS. The number of benzene rings is 2. The van der Waals surface area contributed by atoms with Crippen molar-refractivity contribution >= 4 is 55.0 Å². The summed E-state index contributed by atoms with van der Waals surface area (Å²) < 4.78 is 36.0. The molecule has 31 heavy (non-hydrogen) atoms. The number of aromatic nitrogens is 3. The lowest BCUT2D eigenvalue weighted by molar-refractivity contribution is 0.419. The van der Waals surface area contributed by atoms with Gasteiger partial charge in [0, 0.05) is 37.3 Å². The van der Waals surface area contributed by atoms with E-state index in [9.17, 15) is 4.39 Å². The Bertz CT molecular complexity index is 1320. The Morgan fingerprint density at radius 3 is 2.71 bits per heavy atom. The molecule has 1 aliphatic heterocycles. The van der Waals surface area contributed by atoms with Crippen LogP contribution in [0.2, 0.25) is 5.02 Å². The number of anilines is 2. The maximum Gasteiger partial charge on any atom is 0.181 e. The minimum Gasteiger partial charge on any atom is -0.494 e. The number of ether oxygens (including phenoxy) is 1. The highest BCUT2D eigenvalue weighted by molar-refractivity contribution is 7.22. The number of fused-ring (bicyclic) bond motifs is 2. The predicted octanol–water partition coefficient (Wildman–Crippen LogP) is 3.84. The molecule has 1 saturated heterocycles. The molecule has 0 aliphatic carbocycles. The third kappa shape index (κ3) is 3.13. The Hall–Kier alpha value is -2.82. The molecule has 5 rings (SSSR count). The maximum absolute atomic E-state index is 15.9. The third-order valence-electron chi connectivity index (χ3n) is 5.30. The van der Waals surface area contributed by atoms with Crippen LogP contribution in [-0.2, 0) is 0 Å². The number of rotatable bonds is 3. The van der Waals surface area contributed by atoms with Gasteiger partial charge >= 0.3 is 0 Å². The van der Waals surface area contributed by atoms with Gasteiger partial charge < -0.3 is 20.7 Å². The summed E-state index contributed by atoms with van der Waals surface area (Å²) in [6.07, 6.45) is 1.32. The first-order valence-corrected chi connectivity index (χ1v) is 10.7. The highest BCUT2D eigenvalue weighted by Crippen LogP contribution is 2.47. The first-order chi connectivity index (χ1) is 15.0. The third-order valence-corrected chi connectivity index (χ3v) is 6.56. The zero-order valence-electron chi connectivity index (χ0n) is 16.4. The summed E-state index contributed by atoms with van der Waals surface area (Å²) in [7, 11) is 1.46. The lowest BCUT2D eigenvalue weighted by Gasteiger charge is -2.29. The Morgan fingerprint density at radius 1 is 1.19 bits per heavy atom. The van der Waals surface area contributed by atoms with E-state index in [-0.39, 0.29) is 37.2 Å². The largest absolute Gasteiger partial charge is 0.494 e. The van der Waals surface area contributed by atoms with Crippen molar-refractivity contribution in [1.82, 2.24) is 20.3 Å². The minimum atomic E-state index is -0.654. The standard InChI is InChI=1S/C20H17ClF2N6OS/c1-30-17-12-16(26-8-27-19(12)29-6-4-25-5-7-29)14(23)11(13(17)21)9-2-3-10(22)18-15(9)28-20(24)31-18/h2-3,8,25H,4-7H2,1H3,(H2,24,28). The van der Waals surface area contributed by atoms with Gasteiger partial charge in [-0.1, -0.05) is 22.9 Å². The van der Waals surface area contributed by atoms with Gasteiger partial charge in [-0.15, -0.1) is 0 Å². The summed E-state index contributed by atoms with van der Waals surface area (Å²) in [4.78, 5) is 14.8. The van der Waals surface area contributed by atoms with Crippen molar-refractivity contribution in [3.8, 4) is 16.9 Å². The van der Waals surface area contributed by atoms with Crippen LogP contribution < -0.4 is 20.7 Å². The second-order valence-corrected chi connectivity index (χ2v) is 8.43. The zero-order valence-corrected chi connectivity index (χ0v) is 17.9. The summed E-state index contributed by atoms with van der Waals surface area (Å²) >= 11 is 7.68. The van der Waals surface area contributed by atoms with Crippen molar-refractivity contribution in [3.63, 3.8) is 0 Å². The first kappa shape index (κ1) is 20.1. The predicted molar refractivity (Wildman–Crippen MR) is 119 cm³/mol. The molecule has 0 spiro atoms. The van der Waals surface area contributed by atoms with E-state index in [1.165, 1.54) is 25.6 Å². The van der Waals surface area contributed by atoms with Gasteiger partial charge in [-0.3, -0.25) is 0 Å². The molecule has 1 aliphatic rings. The number of methoxy groups -OCH3 is 1. The number of nitrogens with zero attached hydrogens (tertiary/aromatic N) is 4. The number of nitrogens with one attached hydrogen (secondary N) is 1. The van der Waals surface area contributed by atoms with Crippen molar-refractivity contribution in [2.75, 3.05) is 43.9 Å². The molecule has 0 amide bonds. The van der Waals surface area contributed by atoms with Crippen LogP contribution in [0, 0.1) is 11.6 Å². The lowest BCUT2D eigenvalue weighted by atomic mass is 10.00. The number of hydrogen-bond donors (Lipinski definition) is 2. The van der Waals surface area contributed by atoms with Crippen LogP contribution in [0.3, 0.4) is 0 Å². The summed E-state index contributed by atoms with van der Waals surface area (Å²) in [6, 6.07) is 2.68. The molecule has 0 unspecified atom stereocenters. The number of piperazine rings is 1. The quantitative estimate of drug-likeness (QED) is 0.478. The van der Waals surface area contributed by atoms with Crippen LogP contribution in [-0.4, -0.2) is 48.2 Å². The van der Waals surface area contributed by atoms with Crippen LogP contribution in [0.15, 0.2) is 18.5 Å². The summed E-state index contributed by atoms with van der Waals surface area (Å²) in [5.41, 5.74) is 6.44. The Labute approximate surface area is 184 Å². The lowest BCUT2D eigenvalue weighted by Crippen LogP contribution is -2.44. The number of hydrogen-bond acceptors (Lipinski definition) is 8. The second kappa shape index (κ2) is 7.70. The highest BCUT2D eigenvalue weighted by atomic mass is 35.5. The maximum atomic E-state index is 15.9. The van der Waals surface area contributed by atoms with Gasteiger partial charge in [0.2, 0.25) is 0 Å². The molecule has 11 heteroatoms. The van der Waals surface area contributed by atoms with Crippen LogP contribution in [0.1, 0.15) is 0 Å². The van der Waals surface area contributed by atoms with Crippen LogP contribution in [0.4, 0.5) is 19.7 Å². The van der Waals surface area contributed by atoms with Gasteiger partial charge in [0.05, 0.1) is 27.7 Å². The normalized spacial score (nSPS) is 14.5. The van der Waals surface area contributed by atoms with E-state index in [2.05, 4.69) is 20.3 Å². The topological polar surface area (TPSA) is 89.2 Å². The molecule has 3 N–H and O–H groups in total. The van der Waals surface area contributed by atoms with E-state index < -0.39 is 11.6 Å². The monoisotopic (exact) mass is 462 g/mol. The SMILES string of the molecule is COc1c(Cl)c(-c2ccc(F)c3sc(N)nc23)c(F)c2ncnc(N3CCNCC3)c12. The Balaban J connectivity index is 1.84. The van der Waals surface area contributed by atoms with Gasteiger partial charge in [0.1, 0.15) is 23.5 Å². The molecule has 0 radical (unpaired) electrons. The number of halogens is 3. The molecule has 7 nitrogen and oxygen atoms in total. The van der Waals surface area contributed by atoms with E-state index in [4.69, 9.17) is 22.1 Å². The van der Waals surface area contributed by atoms with E-state index in [1.807, 2.05) is 4.90 Å². The zero-order chi connectivity index (χ0) is 21.7. The number of thiazole rings is 1. The van der Waals surface area contributed by atoms with Crippen LogP contribution >= 0.6 is 22.9 Å². The van der Waals surface area contributed by atoms with E-state index in [0.717, 1.165) is 24.4 Å². The van der Waals surface area contributed by atoms with E-state index >= 15 is 4.39 Å². The molecule has 2 aromatic heterocycles. The van der Waals surface area contributed by atoms with Crippen molar-refractivity contribution in [3.05, 3.63) is 35.1 Å². The fourth-order valence-electron chi connectivity index (χ4n) is 3.93. The molecule has 3 heterocycles. The van der Waals surface area contributed by atoms with Gasteiger partial charge in [-0.2, -0.15) is 0 Å². The van der Waals surface area contributed by atoms with Crippen molar-refractivity contribution in [2.45, 2.75) is 0 Å². The summed E-state index contributed by atoms with van der Waals surface area (Å²) in [5, 5.41) is 3.89. The fourth-order valence-corrected chi connectivity index (χ4v) is 5.05. The number of nitrogen functional groups attached to an aromatic ring is 1. The smallest absolute Gasteiger partial charge is 0.181 e. The minimum absolute atomic E-state index is 0.0336. The molecule has 0 atom stereocenters. The Kier molecular flexibility index (Phi) is 4.99. The average Bonchev–Trinajstić information content (AvgIpc) is 3.18. The molecule has 2 aromatic carbocycles. The van der Waals surface area contributed by atoms with E-state index in [0.29, 0.717) is 29.9 Å². The Morgan fingerprint density at radius 2 is 1.97 bits per heavy atom. The van der Waals surface area contributed by atoms with Crippen molar-refractivity contribution in [1.29, 1.82) is 0 Å². The molecule has 4 aromatic rings. The highest BCUT2D eigenvalue weighted by Gasteiger charge is 2.28. The van der Waals surface area contributed by atoms with Crippen molar-refractivity contribution in [2.24, 2.45) is 0 Å². The van der Waals surface area contributed by atoms with Gasteiger partial charge in [0.15, 0.2) is 16.7 Å². The molecule has 0 bridgehead atoms. The molecule has 160 valence electrons. The van der Waals surface area contributed by atoms with Gasteiger partial charge in [0.25, 0.3) is 0 Å². The van der Waals surface area contributed by atoms with Crippen LogP contribution in [0.25, 0.3) is 32.2 Å². The number of nitrogens with two attached hydrogens (primary N) is 1.